The van der Waals surface area contributed by atoms with E-state index in [2.05, 4.69) is 77.9 Å². The molecule has 0 aromatic heterocycles. The molecule has 0 heterocycles. The number of Topliss-reactive ketones (excluding diaryl/α,β-unsaturated/α-hetero) is 1. The Labute approximate surface area is 147 Å². The molecule has 0 spiro atoms. The second-order valence-electron chi connectivity index (χ2n) is 6.93. The largest absolute Gasteiger partial charge is 0.298 e. The highest BCUT2D eigenvalue weighted by Gasteiger charge is 2.25. The Morgan fingerprint density at radius 2 is 1.17 bits per heavy atom. The molecule has 1 heteroatoms. The van der Waals surface area contributed by atoms with Crippen molar-refractivity contribution in [3.63, 3.8) is 0 Å². The van der Waals surface area contributed by atoms with Crippen molar-refractivity contribution in [2.75, 3.05) is 0 Å². The van der Waals surface area contributed by atoms with Gasteiger partial charge in [0.25, 0.3) is 0 Å². The third-order valence-corrected chi connectivity index (χ3v) is 5.29. The Bertz CT molecular complexity index is 665. The topological polar surface area (TPSA) is 17.1 Å². The van der Waals surface area contributed by atoms with E-state index in [1.807, 2.05) is 0 Å². The zero-order chi connectivity index (χ0) is 17.9. The minimum atomic E-state index is -0.0730. The number of benzene rings is 2. The van der Waals surface area contributed by atoms with E-state index < -0.39 is 0 Å². The molecule has 0 aliphatic carbocycles. The van der Waals surface area contributed by atoms with E-state index in [1.165, 1.54) is 33.4 Å². The van der Waals surface area contributed by atoms with E-state index in [4.69, 9.17) is 0 Å². The van der Waals surface area contributed by atoms with E-state index in [0.29, 0.717) is 5.78 Å². The highest BCUT2D eigenvalue weighted by Crippen LogP contribution is 2.30. The molecule has 0 aliphatic rings. The standard InChI is InChI=1S/C23H30O/c1-7-19-11-9-15(3)21(13-19)17(5)23(24)18(6)22-14-20(8-2)12-10-16(22)4/h9-14,17-18H,7-8H2,1-6H3. The molecule has 2 rings (SSSR count). The molecular formula is C23H30O. The third-order valence-electron chi connectivity index (χ3n) is 5.29. The van der Waals surface area contributed by atoms with Crippen LogP contribution in [0.2, 0.25) is 0 Å². The molecule has 0 aliphatic heterocycles. The van der Waals surface area contributed by atoms with Gasteiger partial charge in [-0.1, -0.05) is 64.1 Å². The van der Waals surface area contributed by atoms with Crippen molar-refractivity contribution in [2.45, 2.75) is 66.2 Å². The maximum Gasteiger partial charge on any atom is 0.147 e. The van der Waals surface area contributed by atoms with Crippen molar-refractivity contribution in [3.8, 4) is 0 Å². The Balaban J connectivity index is 2.34. The van der Waals surface area contributed by atoms with Crippen molar-refractivity contribution < 1.29 is 4.79 Å². The number of aryl methyl sites for hydroxylation is 4. The number of carbonyl (C=O) groups is 1. The lowest BCUT2D eigenvalue weighted by Gasteiger charge is -2.21. The monoisotopic (exact) mass is 322 g/mol. The molecule has 2 aromatic rings. The van der Waals surface area contributed by atoms with Crippen LogP contribution in [0.4, 0.5) is 0 Å². The number of hydrogen-bond donors (Lipinski definition) is 0. The van der Waals surface area contributed by atoms with E-state index in [-0.39, 0.29) is 11.8 Å². The lowest BCUT2D eigenvalue weighted by Crippen LogP contribution is -2.18. The van der Waals surface area contributed by atoms with Crippen molar-refractivity contribution in [1.82, 2.24) is 0 Å². The highest BCUT2D eigenvalue weighted by atomic mass is 16.1. The number of ketones is 1. The van der Waals surface area contributed by atoms with E-state index in [9.17, 15) is 4.79 Å². The van der Waals surface area contributed by atoms with Crippen LogP contribution in [-0.4, -0.2) is 5.78 Å². The van der Waals surface area contributed by atoms with Crippen LogP contribution < -0.4 is 0 Å². The van der Waals surface area contributed by atoms with Gasteiger partial charge in [-0.15, -0.1) is 0 Å². The zero-order valence-electron chi connectivity index (χ0n) is 15.9. The van der Waals surface area contributed by atoms with Crippen molar-refractivity contribution in [1.29, 1.82) is 0 Å². The van der Waals surface area contributed by atoms with Crippen molar-refractivity contribution >= 4 is 5.78 Å². The number of hydrogen-bond acceptors (Lipinski definition) is 1. The summed E-state index contributed by atoms with van der Waals surface area (Å²) in [5.41, 5.74) is 7.36. The van der Waals surface area contributed by atoms with Crippen LogP contribution in [0.25, 0.3) is 0 Å². The number of carbonyl (C=O) groups excluding carboxylic acids is 1. The van der Waals surface area contributed by atoms with Gasteiger partial charge in [0.1, 0.15) is 5.78 Å². The van der Waals surface area contributed by atoms with Crippen LogP contribution in [0, 0.1) is 13.8 Å². The first-order chi connectivity index (χ1) is 11.4. The summed E-state index contributed by atoms with van der Waals surface area (Å²) in [6, 6.07) is 13.0. The number of rotatable bonds is 6. The molecule has 0 saturated heterocycles. The van der Waals surface area contributed by atoms with Gasteiger partial charge >= 0.3 is 0 Å². The van der Waals surface area contributed by atoms with Gasteiger partial charge in [0, 0.05) is 11.8 Å². The van der Waals surface area contributed by atoms with Crippen molar-refractivity contribution in [3.05, 3.63) is 69.8 Å². The second kappa shape index (κ2) is 7.79. The van der Waals surface area contributed by atoms with Crippen LogP contribution >= 0.6 is 0 Å². The maximum atomic E-state index is 13.1. The molecule has 2 aromatic carbocycles. The molecule has 0 fully saturated rings. The van der Waals surface area contributed by atoms with Crippen LogP contribution in [0.3, 0.4) is 0 Å². The fourth-order valence-corrected chi connectivity index (χ4v) is 3.43. The predicted octanol–water partition coefficient (Wildman–Crippen LogP) is 5.90. The molecule has 24 heavy (non-hydrogen) atoms. The summed E-state index contributed by atoms with van der Waals surface area (Å²) in [5, 5.41) is 0. The van der Waals surface area contributed by atoms with Gasteiger partial charge in [0.15, 0.2) is 0 Å². The fourth-order valence-electron chi connectivity index (χ4n) is 3.43. The molecule has 2 unspecified atom stereocenters. The van der Waals surface area contributed by atoms with Gasteiger partial charge in [-0.2, -0.15) is 0 Å². The van der Waals surface area contributed by atoms with Gasteiger partial charge in [0.2, 0.25) is 0 Å². The summed E-state index contributed by atoms with van der Waals surface area (Å²) in [6.07, 6.45) is 2.00. The molecule has 0 amide bonds. The lowest BCUT2D eigenvalue weighted by molar-refractivity contribution is -0.121. The van der Waals surface area contributed by atoms with Crippen LogP contribution in [0.15, 0.2) is 36.4 Å². The maximum absolute atomic E-state index is 13.1. The minimum Gasteiger partial charge on any atom is -0.298 e. The summed E-state index contributed by atoms with van der Waals surface area (Å²) in [7, 11) is 0. The summed E-state index contributed by atoms with van der Waals surface area (Å²) < 4.78 is 0. The Morgan fingerprint density at radius 1 is 0.792 bits per heavy atom. The second-order valence-corrected chi connectivity index (χ2v) is 6.93. The zero-order valence-corrected chi connectivity index (χ0v) is 15.9. The average Bonchev–Trinajstić information content (AvgIpc) is 2.60. The SMILES string of the molecule is CCc1ccc(C)c(C(C)C(=O)C(C)c2cc(CC)ccc2C)c1. The Kier molecular flexibility index (Phi) is 5.99. The van der Waals surface area contributed by atoms with E-state index in [1.54, 1.807) is 0 Å². The summed E-state index contributed by atoms with van der Waals surface area (Å²) in [6.45, 7) is 12.6. The molecule has 128 valence electrons. The van der Waals surface area contributed by atoms with Gasteiger partial charge in [-0.25, -0.2) is 0 Å². The van der Waals surface area contributed by atoms with Gasteiger partial charge in [0.05, 0.1) is 0 Å². The molecule has 0 saturated carbocycles. The quantitative estimate of drug-likeness (QED) is 0.646. The van der Waals surface area contributed by atoms with Crippen LogP contribution in [0.5, 0.6) is 0 Å². The summed E-state index contributed by atoms with van der Waals surface area (Å²) in [5.74, 6) is 0.162. The third kappa shape index (κ3) is 3.77. The highest BCUT2D eigenvalue weighted by molar-refractivity contribution is 5.91. The van der Waals surface area contributed by atoms with E-state index in [0.717, 1.165) is 12.8 Å². The molecular weight excluding hydrogens is 292 g/mol. The molecule has 0 N–H and O–H groups in total. The minimum absolute atomic E-state index is 0.0730. The van der Waals surface area contributed by atoms with Gasteiger partial charge in [-0.3, -0.25) is 4.79 Å². The first kappa shape index (κ1) is 18.4. The average molecular weight is 322 g/mol. The first-order valence-corrected chi connectivity index (χ1v) is 9.11. The summed E-state index contributed by atoms with van der Waals surface area (Å²) >= 11 is 0. The van der Waals surface area contributed by atoms with Gasteiger partial charge < -0.3 is 0 Å². The molecule has 0 radical (unpaired) electrons. The lowest BCUT2D eigenvalue weighted by atomic mass is 9.82. The normalized spacial score (nSPS) is 13.6. The van der Waals surface area contributed by atoms with Gasteiger partial charge in [-0.05, 0) is 60.1 Å². The van der Waals surface area contributed by atoms with Crippen LogP contribution in [-0.2, 0) is 17.6 Å². The summed E-state index contributed by atoms with van der Waals surface area (Å²) in [4.78, 5) is 13.1. The van der Waals surface area contributed by atoms with Crippen LogP contribution in [0.1, 0.15) is 72.9 Å². The fraction of sp³-hybridized carbons (Fsp3) is 0.435. The Morgan fingerprint density at radius 3 is 1.50 bits per heavy atom. The molecule has 0 bridgehead atoms. The van der Waals surface area contributed by atoms with Crippen molar-refractivity contribution in [2.24, 2.45) is 0 Å². The van der Waals surface area contributed by atoms with E-state index >= 15 is 0 Å². The molecule has 1 nitrogen and oxygen atoms in total. The predicted molar refractivity (Wildman–Crippen MR) is 103 cm³/mol. The molecule has 2 atom stereocenters. The first-order valence-electron chi connectivity index (χ1n) is 9.11. The Hall–Kier alpha value is -1.89. The smallest absolute Gasteiger partial charge is 0.147 e.